The average Bonchev–Trinajstić information content (AvgIpc) is 2.75. The largest absolute Gasteiger partial charge is 0.375 e. The summed E-state index contributed by atoms with van der Waals surface area (Å²) in [6.45, 7) is 5.57. The van der Waals surface area contributed by atoms with E-state index < -0.39 is 0 Å². The van der Waals surface area contributed by atoms with Gasteiger partial charge in [-0.1, -0.05) is 6.92 Å². The minimum Gasteiger partial charge on any atom is -0.375 e. The van der Waals surface area contributed by atoms with Crippen molar-refractivity contribution >= 4 is 18.3 Å². The van der Waals surface area contributed by atoms with E-state index in [-0.39, 0.29) is 36.5 Å². The van der Waals surface area contributed by atoms with Gasteiger partial charge < -0.3 is 15.4 Å². The van der Waals surface area contributed by atoms with Crippen molar-refractivity contribution in [2.24, 2.45) is 11.7 Å². The van der Waals surface area contributed by atoms with Gasteiger partial charge in [0.15, 0.2) is 0 Å². The maximum absolute atomic E-state index is 12.5. The van der Waals surface area contributed by atoms with Crippen molar-refractivity contribution in [3.05, 3.63) is 0 Å². The van der Waals surface area contributed by atoms with Gasteiger partial charge in [0.25, 0.3) is 0 Å². The number of nitrogens with two attached hydrogens (primary N) is 1. The smallest absolute Gasteiger partial charge is 0.226 e. The molecule has 0 radical (unpaired) electrons. The molecule has 2 fully saturated rings. The number of nitrogens with zero attached hydrogens (tertiary/aromatic N) is 1. The molecule has 1 aliphatic heterocycles. The van der Waals surface area contributed by atoms with Gasteiger partial charge in [0.05, 0.1) is 18.8 Å². The van der Waals surface area contributed by atoms with Gasteiger partial charge in [-0.25, -0.2) is 0 Å². The lowest BCUT2D eigenvalue weighted by Gasteiger charge is -2.39. The van der Waals surface area contributed by atoms with Gasteiger partial charge in [0.2, 0.25) is 5.91 Å². The molecule has 106 valence electrons. The molecule has 1 aliphatic carbocycles. The van der Waals surface area contributed by atoms with Crippen molar-refractivity contribution in [2.45, 2.75) is 57.7 Å². The van der Waals surface area contributed by atoms with Crippen molar-refractivity contribution in [3.63, 3.8) is 0 Å². The fourth-order valence-corrected chi connectivity index (χ4v) is 2.93. The van der Waals surface area contributed by atoms with Gasteiger partial charge in [-0.15, -0.1) is 12.4 Å². The number of amides is 1. The standard InChI is InChI=1S/C13H24N2O2.ClH/c1-3-12-8-17-9(2)7-15(12)13(16)10-4-5-11(14)6-10;/h9-12H,3-8,14H2,1-2H3;1H. The quantitative estimate of drug-likeness (QED) is 0.833. The van der Waals surface area contributed by atoms with E-state index in [1.807, 2.05) is 11.8 Å². The summed E-state index contributed by atoms with van der Waals surface area (Å²) >= 11 is 0. The molecule has 2 aliphatic rings. The minimum absolute atomic E-state index is 0. The van der Waals surface area contributed by atoms with Gasteiger partial charge >= 0.3 is 0 Å². The van der Waals surface area contributed by atoms with E-state index in [4.69, 9.17) is 10.5 Å². The Balaban J connectivity index is 0.00000162. The van der Waals surface area contributed by atoms with Crippen LogP contribution >= 0.6 is 12.4 Å². The first-order valence-electron chi connectivity index (χ1n) is 6.79. The molecule has 1 amide bonds. The Bertz CT molecular complexity index is 288. The minimum atomic E-state index is 0. The monoisotopic (exact) mass is 276 g/mol. The molecule has 5 heteroatoms. The predicted octanol–water partition coefficient (Wildman–Crippen LogP) is 1.56. The second-order valence-electron chi connectivity index (χ2n) is 5.47. The Hall–Kier alpha value is -0.320. The molecule has 4 atom stereocenters. The average molecular weight is 277 g/mol. The predicted molar refractivity (Wildman–Crippen MR) is 73.8 cm³/mol. The highest BCUT2D eigenvalue weighted by molar-refractivity contribution is 5.85. The molecule has 4 unspecified atom stereocenters. The van der Waals surface area contributed by atoms with Crippen LogP contribution < -0.4 is 5.73 Å². The van der Waals surface area contributed by atoms with Crippen LogP contribution in [0.4, 0.5) is 0 Å². The van der Waals surface area contributed by atoms with Gasteiger partial charge in [-0.05, 0) is 32.6 Å². The maximum atomic E-state index is 12.5. The highest BCUT2D eigenvalue weighted by Crippen LogP contribution is 2.28. The SMILES string of the molecule is CCC1COC(C)CN1C(=O)C1CCC(N)C1.Cl. The first-order chi connectivity index (χ1) is 8.11. The third-order valence-corrected chi connectivity index (χ3v) is 4.04. The summed E-state index contributed by atoms with van der Waals surface area (Å²) in [5.41, 5.74) is 5.89. The van der Waals surface area contributed by atoms with E-state index in [2.05, 4.69) is 6.92 Å². The molecule has 1 heterocycles. The van der Waals surface area contributed by atoms with Crippen LogP contribution in [0.15, 0.2) is 0 Å². The number of halogens is 1. The highest BCUT2D eigenvalue weighted by Gasteiger charge is 2.36. The van der Waals surface area contributed by atoms with Crippen LogP contribution in [0.5, 0.6) is 0 Å². The Labute approximate surface area is 116 Å². The van der Waals surface area contributed by atoms with Gasteiger partial charge in [0, 0.05) is 18.5 Å². The Morgan fingerprint density at radius 3 is 2.72 bits per heavy atom. The van der Waals surface area contributed by atoms with E-state index in [0.717, 1.165) is 32.2 Å². The summed E-state index contributed by atoms with van der Waals surface area (Å²) in [7, 11) is 0. The Morgan fingerprint density at radius 2 is 2.17 bits per heavy atom. The van der Waals surface area contributed by atoms with Crippen molar-refractivity contribution < 1.29 is 9.53 Å². The van der Waals surface area contributed by atoms with E-state index in [9.17, 15) is 4.79 Å². The van der Waals surface area contributed by atoms with Crippen LogP contribution in [0.1, 0.15) is 39.5 Å². The van der Waals surface area contributed by atoms with E-state index in [1.54, 1.807) is 0 Å². The van der Waals surface area contributed by atoms with Gasteiger partial charge in [-0.3, -0.25) is 4.79 Å². The lowest BCUT2D eigenvalue weighted by atomic mass is 10.0. The second kappa shape index (κ2) is 6.73. The molecule has 0 aromatic rings. The zero-order valence-electron chi connectivity index (χ0n) is 11.3. The van der Waals surface area contributed by atoms with Crippen molar-refractivity contribution in [1.82, 2.24) is 4.90 Å². The third kappa shape index (κ3) is 3.37. The zero-order valence-corrected chi connectivity index (χ0v) is 12.1. The first-order valence-corrected chi connectivity index (χ1v) is 6.79. The number of morpholine rings is 1. The summed E-state index contributed by atoms with van der Waals surface area (Å²) in [6, 6.07) is 0.484. The van der Waals surface area contributed by atoms with Crippen LogP contribution in [0, 0.1) is 5.92 Å². The van der Waals surface area contributed by atoms with E-state index >= 15 is 0 Å². The summed E-state index contributed by atoms with van der Waals surface area (Å²) in [6.07, 6.45) is 3.95. The molecule has 1 saturated heterocycles. The molecular weight excluding hydrogens is 252 g/mol. The van der Waals surface area contributed by atoms with Crippen molar-refractivity contribution in [2.75, 3.05) is 13.2 Å². The van der Waals surface area contributed by atoms with E-state index in [1.165, 1.54) is 0 Å². The highest BCUT2D eigenvalue weighted by atomic mass is 35.5. The topological polar surface area (TPSA) is 55.6 Å². The lowest BCUT2D eigenvalue weighted by molar-refractivity contribution is -0.148. The van der Waals surface area contributed by atoms with Crippen LogP contribution in [-0.4, -0.2) is 42.1 Å². The Morgan fingerprint density at radius 1 is 1.44 bits per heavy atom. The van der Waals surface area contributed by atoms with Crippen LogP contribution in [0.3, 0.4) is 0 Å². The molecule has 0 aromatic heterocycles. The fourth-order valence-electron chi connectivity index (χ4n) is 2.93. The number of hydrogen-bond donors (Lipinski definition) is 1. The molecule has 1 saturated carbocycles. The second-order valence-corrected chi connectivity index (χ2v) is 5.47. The first kappa shape index (κ1) is 15.7. The summed E-state index contributed by atoms with van der Waals surface area (Å²) < 4.78 is 5.63. The molecule has 0 aromatic carbocycles. The summed E-state index contributed by atoms with van der Waals surface area (Å²) in [5, 5.41) is 0. The number of hydrogen-bond acceptors (Lipinski definition) is 3. The summed E-state index contributed by atoms with van der Waals surface area (Å²) in [4.78, 5) is 14.5. The van der Waals surface area contributed by atoms with Crippen molar-refractivity contribution in [3.8, 4) is 0 Å². The molecule has 4 nitrogen and oxygen atoms in total. The number of carbonyl (C=O) groups excluding carboxylic acids is 1. The summed E-state index contributed by atoms with van der Waals surface area (Å²) in [5.74, 6) is 0.462. The molecule has 2 rings (SSSR count). The number of carbonyl (C=O) groups is 1. The van der Waals surface area contributed by atoms with Gasteiger partial charge in [0.1, 0.15) is 0 Å². The van der Waals surface area contributed by atoms with Crippen LogP contribution in [-0.2, 0) is 9.53 Å². The lowest BCUT2D eigenvalue weighted by Crippen LogP contribution is -2.52. The molecule has 18 heavy (non-hydrogen) atoms. The molecule has 0 bridgehead atoms. The fraction of sp³-hybridized carbons (Fsp3) is 0.923. The van der Waals surface area contributed by atoms with Gasteiger partial charge in [-0.2, -0.15) is 0 Å². The maximum Gasteiger partial charge on any atom is 0.226 e. The molecule has 0 spiro atoms. The molecule has 2 N–H and O–H groups in total. The van der Waals surface area contributed by atoms with Crippen molar-refractivity contribution in [1.29, 1.82) is 0 Å². The number of rotatable bonds is 2. The zero-order chi connectivity index (χ0) is 12.4. The van der Waals surface area contributed by atoms with Crippen LogP contribution in [0.25, 0.3) is 0 Å². The number of ether oxygens (including phenoxy) is 1. The van der Waals surface area contributed by atoms with E-state index in [0.29, 0.717) is 12.5 Å². The van der Waals surface area contributed by atoms with Crippen LogP contribution in [0.2, 0.25) is 0 Å². The Kier molecular flexibility index (Phi) is 5.89. The molecular formula is C13H25ClN2O2. The normalized spacial score (nSPS) is 36.3. The third-order valence-electron chi connectivity index (χ3n) is 4.04.